The van der Waals surface area contributed by atoms with E-state index >= 15 is 0 Å². The lowest BCUT2D eigenvalue weighted by atomic mass is 10.2. The number of thiazole rings is 1. The number of piperazine rings is 1. The van der Waals surface area contributed by atoms with Gasteiger partial charge >= 0.3 is 6.09 Å². The third-order valence-corrected chi connectivity index (χ3v) is 5.17. The highest BCUT2D eigenvalue weighted by atomic mass is 32.1. The molecule has 3 rings (SSSR count). The molecule has 0 spiro atoms. The van der Waals surface area contributed by atoms with Crippen LogP contribution in [0.2, 0.25) is 0 Å². The van der Waals surface area contributed by atoms with Gasteiger partial charge in [-0.3, -0.25) is 0 Å². The Bertz CT molecular complexity index is 821. The molecule has 1 amide bonds. The van der Waals surface area contributed by atoms with Crippen molar-refractivity contribution in [1.29, 1.82) is 0 Å². The second-order valence-electron chi connectivity index (χ2n) is 7.64. The van der Waals surface area contributed by atoms with Gasteiger partial charge in [0.15, 0.2) is 5.96 Å². The molecule has 8 heteroatoms. The van der Waals surface area contributed by atoms with Crippen LogP contribution in [0.3, 0.4) is 0 Å². The topological polar surface area (TPSA) is 84.0 Å². The largest absolute Gasteiger partial charge is 0.444 e. The van der Waals surface area contributed by atoms with E-state index in [1.165, 1.54) is 0 Å². The first-order chi connectivity index (χ1) is 13.3. The Hall–Kier alpha value is -2.61. The van der Waals surface area contributed by atoms with Crippen molar-refractivity contribution in [2.75, 3.05) is 26.2 Å². The van der Waals surface area contributed by atoms with Gasteiger partial charge in [0.05, 0.1) is 12.2 Å². The van der Waals surface area contributed by atoms with Crippen LogP contribution in [0.5, 0.6) is 0 Å². The molecule has 7 nitrogen and oxygen atoms in total. The Labute approximate surface area is 169 Å². The van der Waals surface area contributed by atoms with Crippen molar-refractivity contribution < 1.29 is 9.53 Å². The fourth-order valence-corrected chi connectivity index (χ4v) is 3.62. The number of aromatic nitrogens is 1. The molecule has 2 N–H and O–H groups in total. The van der Waals surface area contributed by atoms with Gasteiger partial charge in [-0.05, 0) is 20.8 Å². The van der Waals surface area contributed by atoms with E-state index in [4.69, 9.17) is 10.5 Å². The van der Waals surface area contributed by atoms with E-state index in [-0.39, 0.29) is 6.09 Å². The molecule has 0 saturated carbocycles. The fraction of sp³-hybridized carbons (Fsp3) is 0.450. The Kier molecular flexibility index (Phi) is 6.18. The summed E-state index contributed by atoms with van der Waals surface area (Å²) < 4.78 is 5.42. The number of hydrogen-bond donors (Lipinski definition) is 1. The lowest BCUT2D eigenvalue weighted by Gasteiger charge is -2.36. The molecule has 1 fully saturated rings. The number of ether oxygens (including phenoxy) is 1. The SMILES string of the molecule is CC(C)(C)OC(=O)N1CCN(C(N)=NCc2csc(-c3ccccc3)n2)CC1. The summed E-state index contributed by atoms with van der Waals surface area (Å²) in [7, 11) is 0. The van der Waals surface area contributed by atoms with Crippen LogP contribution in [0, 0.1) is 0 Å². The molecule has 1 aromatic heterocycles. The quantitative estimate of drug-likeness (QED) is 0.631. The number of carbonyl (C=O) groups is 1. The summed E-state index contributed by atoms with van der Waals surface area (Å²) in [5.74, 6) is 0.484. The molecule has 0 bridgehead atoms. The van der Waals surface area contributed by atoms with Crippen LogP contribution in [0.1, 0.15) is 26.5 Å². The number of aliphatic imine (C=N–C) groups is 1. The molecular formula is C20H27N5O2S. The van der Waals surface area contributed by atoms with Crippen molar-refractivity contribution in [3.05, 3.63) is 41.4 Å². The first kappa shape index (κ1) is 20.1. The fourth-order valence-electron chi connectivity index (χ4n) is 2.80. The normalized spacial score (nSPS) is 15.6. The maximum Gasteiger partial charge on any atom is 0.410 e. The van der Waals surface area contributed by atoms with Crippen LogP contribution >= 0.6 is 11.3 Å². The molecule has 1 aliphatic heterocycles. The lowest BCUT2D eigenvalue weighted by molar-refractivity contribution is 0.0186. The smallest absolute Gasteiger partial charge is 0.410 e. The molecule has 0 aliphatic carbocycles. The number of carbonyl (C=O) groups excluding carboxylic acids is 1. The molecule has 2 heterocycles. The second kappa shape index (κ2) is 8.60. The van der Waals surface area contributed by atoms with Crippen LogP contribution in [0.4, 0.5) is 4.79 Å². The van der Waals surface area contributed by atoms with E-state index in [0.29, 0.717) is 38.7 Å². The van der Waals surface area contributed by atoms with Crippen molar-refractivity contribution in [2.24, 2.45) is 10.7 Å². The maximum absolute atomic E-state index is 12.1. The molecule has 1 aromatic carbocycles. The van der Waals surface area contributed by atoms with Crippen LogP contribution in [0.25, 0.3) is 10.6 Å². The van der Waals surface area contributed by atoms with E-state index in [9.17, 15) is 4.79 Å². The first-order valence-corrected chi connectivity index (χ1v) is 10.2. The van der Waals surface area contributed by atoms with Crippen molar-refractivity contribution in [2.45, 2.75) is 32.9 Å². The number of rotatable bonds is 3. The molecule has 1 saturated heterocycles. The average molecular weight is 402 g/mol. The second-order valence-corrected chi connectivity index (χ2v) is 8.50. The zero-order valence-corrected chi connectivity index (χ0v) is 17.4. The molecule has 0 unspecified atom stereocenters. The molecular weight excluding hydrogens is 374 g/mol. The highest BCUT2D eigenvalue weighted by molar-refractivity contribution is 7.13. The van der Waals surface area contributed by atoms with E-state index < -0.39 is 5.60 Å². The minimum absolute atomic E-state index is 0.279. The predicted octanol–water partition coefficient (Wildman–Crippen LogP) is 3.18. The number of nitrogens with zero attached hydrogens (tertiary/aromatic N) is 4. The summed E-state index contributed by atoms with van der Waals surface area (Å²) in [5.41, 5.74) is 7.68. The van der Waals surface area contributed by atoms with E-state index in [2.05, 4.69) is 9.98 Å². The standard InChI is InChI=1S/C20H27N5O2S/c1-20(2,3)27-19(26)25-11-9-24(10-12-25)18(21)22-13-16-14-28-17(23-16)15-7-5-4-6-8-15/h4-8,14H,9-13H2,1-3H3,(H2,21,22). The minimum Gasteiger partial charge on any atom is -0.444 e. The molecule has 0 radical (unpaired) electrons. The third-order valence-electron chi connectivity index (χ3n) is 4.23. The monoisotopic (exact) mass is 401 g/mol. The maximum atomic E-state index is 12.1. The average Bonchev–Trinajstić information content (AvgIpc) is 3.15. The van der Waals surface area contributed by atoms with Crippen molar-refractivity contribution in [3.63, 3.8) is 0 Å². The molecule has 1 aliphatic rings. The minimum atomic E-state index is -0.485. The highest BCUT2D eigenvalue weighted by Gasteiger charge is 2.26. The number of benzene rings is 1. The molecule has 150 valence electrons. The summed E-state index contributed by atoms with van der Waals surface area (Å²) in [6.07, 6.45) is -0.279. The van der Waals surface area contributed by atoms with Crippen LogP contribution in [-0.2, 0) is 11.3 Å². The Morgan fingerprint density at radius 3 is 2.46 bits per heavy atom. The number of nitrogens with two attached hydrogens (primary N) is 1. The van der Waals surface area contributed by atoms with Crippen LogP contribution in [-0.4, -0.2) is 58.6 Å². The highest BCUT2D eigenvalue weighted by Crippen LogP contribution is 2.23. The van der Waals surface area contributed by atoms with Gasteiger partial charge in [-0.25, -0.2) is 14.8 Å². The van der Waals surface area contributed by atoms with Crippen LogP contribution in [0.15, 0.2) is 40.7 Å². The molecule has 28 heavy (non-hydrogen) atoms. The van der Waals surface area contributed by atoms with Gasteiger partial charge in [-0.1, -0.05) is 30.3 Å². The van der Waals surface area contributed by atoms with E-state index in [0.717, 1.165) is 16.3 Å². The van der Waals surface area contributed by atoms with Gasteiger partial charge in [0.1, 0.15) is 10.6 Å². The molecule has 2 aromatic rings. The Balaban J connectivity index is 1.51. The first-order valence-electron chi connectivity index (χ1n) is 9.34. The summed E-state index contributed by atoms with van der Waals surface area (Å²) in [6.45, 7) is 8.47. The number of hydrogen-bond acceptors (Lipinski definition) is 5. The van der Waals surface area contributed by atoms with Gasteiger partial charge in [0.25, 0.3) is 0 Å². The van der Waals surface area contributed by atoms with Crippen molar-refractivity contribution in [3.8, 4) is 10.6 Å². The lowest BCUT2D eigenvalue weighted by Crippen LogP contribution is -2.53. The zero-order valence-electron chi connectivity index (χ0n) is 16.6. The number of guanidine groups is 1. The van der Waals surface area contributed by atoms with Gasteiger partial charge in [0, 0.05) is 37.1 Å². The zero-order chi connectivity index (χ0) is 20.1. The van der Waals surface area contributed by atoms with Crippen molar-refractivity contribution in [1.82, 2.24) is 14.8 Å². The Morgan fingerprint density at radius 2 is 1.82 bits per heavy atom. The summed E-state index contributed by atoms with van der Waals surface area (Å²) >= 11 is 1.60. The number of amides is 1. The van der Waals surface area contributed by atoms with Crippen molar-refractivity contribution >= 4 is 23.4 Å². The van der Waals surface area contributed by atoms with E-state index in [1.807, 2.05) is 61.4 Å². The summed E-state index contributed by atoms with van der Waals surface area (Å²) in [5, 5.41) is 3.00. The van der Waals surface area contributed by atoms with Gasteiger partial charge in [-0.15, -0.1) is 11.3 Å². The summed E-state index contributed by atoms with van der Waals surface area (Å²) in [6, 6.07) is 10.1. The van der Waals surface area contributed by atoms with Crippen LogP contribution < -0.4 is 5.73 Å². The molecule has 0 atom stereocenters. The predicted molar refractivity (Wildman–Crippen MR) is 112 cm³/mol. The van der Waals surface area contributed by atoms with Gasteiger partial charge in [-0.2, -0.15) is 0 Å². The van der Waals surface area contributed by atoms with Gasteiger partial charge in [0.2, 0.25) is 0 Å². The third kappa shape index (κ3) is 5.45. The Morgan fingerprint density at radius 1 is 1.18 bits per heavy atom. The van der Waals surface area contributed by atoms with E-state index in [1.54, 1.807) is 16.2 Å². The van der Waals surface area contributed by atoms with Gasteiger partial charge < -0.3 is 20.3 Å². The summed E-state index contributed by atoms with van der Waals surface area (Å²) in [4.78, 5) is 25.0.